The van der Waals surface area contributed by atoms with E-state index in [9.17, 15) is 27.5 Å². The lowest BCUT2D eigenvalue weighted by molar-refractivity contribution is -0.112. The minimum Gasteiger partial charge on any atom is -0.493 e. The summed E-state index contributed by atoms with van der Waals surface area (Å²) in [7, 11) is -4.59. The van der Waals surface area contributed by atoms with Crippen LogP contribution in [0.2, 0.25) is 0 Å². The highest BCUT2D eigenvalue weighted by Crippen LogP contribution is 2.39. The number of hydrogen-bond acceptors (Lipinski definition) is 7. The maximum absolute atomic E-state index is 13.9. The molecule has 2 aromatic heterocycles. The van der Waals surface area contributed by atoms with E-state index in [1.807, 2.05) is 19.1 Å². The maximum Gasteiger partial charge on any atom is 0.296 e. The normalized spacial score (nSPS) is 16.4. The zero-order chi connectivity index (χ0) is 29.4. The highest BCUT2D eigenvalue weighted by molar-refractivity contribution is 7.91. The minimum atomic E-state index is -4.59. The molecule has 0 spiro atoms. The van der Waals surface area contributed by atoms with E-state index in [4.69, 9.17) is 0 Å². The van der Waals surface area contributed by atoms with Crippen LogP contribution in [0.15, 0.2) is 87.4 Å². The van der Waals surface area contributed by atoms with Crippen LogP contribution in [0.4, 0.5) is 4.39 Å². The van der Waals surface area contributed by atoms with Gasteiger partial charge in [0.05, 0.1) is 4.90 Å². The summed E-state index contributed by atoms with van der Waals surface area (Å²) < 4.78 is 42.4. The first-order valence-electron chi connectivity index (χ1n) is 13.2. The molecule has 1 aliphatic rings. The van der Waals surface area contributed by atoms with Crippen molar-refractivity contribution in [2.75, 3.05) is 0 Å². The number of hydrogen-bond donors (Lipinski definition) is 1. The van der Waals surface area contributed by atoms with Crippen LogP contribution in [0.1, 0.15) is 42.4 Å². The monoisotopic (exact) mass is 573 g/mol. The Labute approximate surface area is 236 Å². The average molecular weight is 574 g/mol. The Morgan fingerprint density at radius 2 is 1.80 bits per heavy atom. The fourth-order valence-electron chi connectivity index (χ4n) is 5.33. The number of carbonyl (C=O) groups is 1. The van der Waals surface area contributed by atoms with E-state index in [0.29, 0.717) is 41.5 Å². The highest BCUT2D eigenvalue weighted by atomic mass is 32.2. The quantitative estimate of drug-likeness (QED) is 0.185. The first kappa shape index (κ1) is 28.1. The summed E-state index contributed by atoms with van der Waals surface area (Å²) in [5.41, 5.74) is 0.295. The number of pyridine rings is 1. The van der Waals surface area contributed by atoms with Crippen LogP contribution < -0.4 is 5.56 Å². The number of aryl methyl sites for hydroxylation is 2. The lowest BCUT2D eigenvalue weighted by atomic mass is 9.81. The number of carbonyl (C=O) groups excluding carboxylic acids is 1. The Kier molecular flexibility index (Phi) is 7.44. The van der Waals surface area contributed by atoms with Gasteiger partial charge < -0.3 is 5.11 Å². The van der Waals surface area contributed by atoms with E-state index >= 15 is 0 Å². The third-order valence-corrected chi connectivity index (χ3v) is 9.14. The number of allylic oxidation sites excluding steroid dienone is 2. The number of nitrogens with zero attached hydrogens (tertiary/aromatic N) is 3. The van der Waals surface area contributed by atoms with Crippen LogP contribution >= 0.6 is 0 Å². The van der Waals surface area contributed by atoms with Gasteiger partial charge in [0, 0.05) is 17.7 Å². The van der Waals surface area contributed by atoms with E-state index in [1.54, 1.807) is 37.3 Å². The Balaban J connectivity index is 1.70. The van der Waals surface area contributed by atoms with Gasteiger partial charge >= 0.3 is 0 Å². The molecule has 0 radical (unpaired) electrons. The first-order valence-corrected chi connectivity index (χ1v) is 14.7. The Morgan fingerprint density at radius 3 is 2.49 bits per heavy atom. The van der Waals surface area contributed by atoms with Crippen molar-refractivity contribution in [3.8, 4) is 17.0 Å². The number of aromatic hydroxyl groups is 1. The highest BCUT2D eigenvalue weighted by Gasteiger charge is 2.41. The summed E-state index contributed by atoms with van der Waals surface area (Å²) in [5.74, 6) is -1.38. The molecule has 2 heterocycles. The minimum absolute atomic E-state index is 0.108. The molecular formula is C31H28FN3O5S. The van der Waals surface area contributed by atoms with Crippen molar-refractivity contribution in [1.29, 1.82) is 0 Å². The van der Waals surface area contributed by atoms with Crippen molar-refractivity contribution in [3.63, 3.8) is 0 Å². The van der Waals surface area contributed by atoms with Gasteiger partial charge in [-0.1, -0.05) is 61.9 Å². The van der Waals surface area contributed by atoms with Crippen LogP contribution in [0.5, 0.6) is 5.88 Å². The summed E-state index contributed by atoms with van der Waals surface area (Å²) in [6.07, 6.45) is 6.14. The predicted octanol–water partition coefficient (Wildman–Crippen LogP) is 4.69. The SMILES string of the molecule is CCCCc1nc(=O)c(S(=O)(=O)c2ccc(-c3ccc(F)nc3C)cc2)c(O)n1[C@@]1(C=O)C=CCc2ccccc21. The summed E-state index contributed by atoms with van der Waals surface area (Å²) in [6, 6.07) is 15.6. The van der Waals surface area contributed by atoms with Gasteiger partial charge in [-0.25, -0.2) is 13.4 Å². The summed E-state index contributed by atoms with van der Waals surface area (Å²) in [5, 5.41) is 11.6. The van der Waals surface area contributed by atoms with Crippen molar-refractivity contribution in [2.45, 2.75) is 54.9 Å². The summed E-state index contributed by atoms with van der Waals surface area (Å²) in [4.78, 5) is 32.9. The molecular weight excluding hydrogens is 545 g/mol. The molecule has 0 saturated carbocycles. The predicted molar refractivity (Wildman–Crippen MR) is 151 cm³/mol. The second kappa shape index (κ2) is 10.9. The molecule has 10 heteroatoms. The molecule has 0 aliphatic heterocycles. The van der Waals surface area contributed by atoms with Gasteiger partial charge in [0.25, 0.3) is 5.56 Å². The van der Waals surface area contributed by atoms with E-state index in [-0.39, 0.29) is 17.1 Å². The van der Waals surface area contributed by atoms with Gasteiger partial charge in [-0.05, 0) is 60.7 Å². The van der Waals surface area contributed by atoms with Gasteiger partial charge in [0.2, 0.25) is 21.7 Å². The maximum atomic E-state index is 13.9. The molecule has 1 atom stereocenters. The number of sulfone groups is 1. The smallest absolute Gasteiger partial charge is 0.296 e. The zero-order valence-corrected chi connectivity index (χ0v) is 23.4. The van der Waals surface area contributed by atoms with Gasteiger partial charge in [0.15, 0.2) is 11.2 Å². The van der Waals surface area contributed by atoms with Gasteiger partial charge in [-0.15, -0.1) is 0 Å². The summed E-state index contributed by atoms with van der Waals surface area (Å²) >= 11 is 0. The van der Waals surface area contributed by atoms with Crippen LogP contribution in [0.25, 0.3) is 11.1 Å². The number of benzene rings is 2. The number of aromatic nitrogens is 3. The molecule has 1 N–H and O–H groups in total. The van der Waals surface area contributed by atoms with Gasteiger partial charge in [-0.2, -0.15) is 9.37 Å². The Morgan fingerprint density at radius 1 is 1.07 bits per heavy atom. The van der Waals surface area contributed by atoms with Gasteiger partial charge in [-0.3, -0.25) is 14.2 Å². The lowest BCUT2D eigenvalue weighted by Crippen LogP contribution is -2.41. The number of aldehydes is 1. The van der Waals surface area contributed by atoms with Crippen LogP contribution in [-0.2, 0) is 33.0 Å². The molecule has 0 saturated heterocycles. The van der Waals surface area contributed by atoms with E-state index in [0.717, 1.165) is 12.0 Å². The Bertz CT molecular complexity index is 1850. The number of halogens is 1. The average Bonchev–Trinajstić information content (AvgIpc) is 2.95. The van der Waals surface area contributed by atoms with E-state index in [1.165, 1.54) is 34.9 Å². The third-order valence-electron chi connectivity index (χ3n) is 7.36. The summed E-state index contributed by atoms with van der Waals surface area (Å²) in [6.45, 7) is 3.58. The molecule has 2 aromatic carbocycles. The standard InChI is InChI=1S/C31H28FN3O5S/c1-3-4-11-27-34-29(37)28(30(38)35(27)31(19-36)18-7-9-22-8-5-6-10-25(22)31)41(39,40)23-14-12-21(13-15-23)24-16-17-26(32)33-20(24)2/h5-8,10,12-19,38H,3-4,9,11H2,1-2H3/t31-/m1/s1. The van der Waals surface area contributed by atoms with Gasteiger partial charge in [0.1, 0.15) is 11.4 Å². The van der Waals surface area contributed by atoms with Crippen LogP contribution in [-0.4, -0.2) is 34.3 Å². The largest absolute Gasteiger partial charge is 0.493 e. The van der Waals surface area contributed by atoms with Crippen LogP contribution in [0.3, 0.4) is 0 Å². The second-order valence-electron chi connectivity index (χ2n) is 9.93. The van der Waals surface area contributed by atoms with E-state index in [2.05, 4.69) is 9.97 Å². The molecule has 0 unspecified atom stereocenters. The molecule has 8 nitrogen and oxygen atoms in total. The second-order valence-corrected chi connectivity index (χ2v) is 11.8. The molecule has 0 bridgehead atoms. The molecule has 4 aromatic rings. The molecule has 0 amide bonds. The first-order chi connectivity index (χ1) is 19.6. The van der Waals surface area contributed by atoms with Crippen LogP contribution in [0, 0.1) is 12.9 Å². The fraction of sp³-hybridized carbons (Fsp3) is 0.226. The van der Waals surface area contributed by atoms with Crippen molar-refractivity contribution in [1.82, 2.24) is 14.5 Å². The number of rotatable bonds is 8. The van der Waals surface area contributed by atoms with E-state index < -0.39 is 37.7 Å². The molecule has 0 fully saturated rings. The van der Waals surface area contributed by atoms with Crippen molar-refractivity contribution in [2.24, 2.45) is 0 Å². The number of fused-ring (bicyclic) bond motifs is 1. The van der Waals surface area contributed by atoms with Crippen molar-refractivity contribution >= 4 is 16.1 Å². The molecule has 41 heavy (non-hydrogen) atoms. The fourth-order valence-corrected chi connectivity index (χ4v) is 6.66. The zero-order valence-electron chi connectivity index (χ0n) is 22.5. The molecule has 210 valence electrons. The topological polar surface area (TPSA) is 119 Å². The Hall–Kier alpha value is -4.44. The number of unbranched alkanes of at least 4 members (excludes halogenated alkanes) is 1. The molecule has 1 aliphatic carbocycles. The molecule has 5 rings (SSSR count). The third kappa shape index (κ3) is 4.78. The van der Waals surface area contributed by atoms with Crippen molar-refractivity contribution < 1.29 is 22.7 Å². The lowest BCUT2D eigenvalue weighted by Gasteiger charge is -2.35. The van der Waals surface area contributed by atoms with Crippen molar-refractivity contribution in [3.05, 3.63) is 112 Å².